The summed E-state index contributed by atoms with van der Waals surface area (Å²) in [5.74, 6) is 0.564. The summed E-state index contributed by atoms with van der Waals surface area (Å²) in [5, 5.41) is 0. The molecule has 0 bridgehead atoms. The SMILES string of the molecule is Nc1nc2cnccc2n1CCC1CCCCO1. The fraction of sp³-hybridized carbons (Fsp3) is 0.538. The van der Waals surface area contributed by atoms with Gasteiger partial charge in [0.1, 0.15) is 5.52 Å². The fourth-order valence-corrected chi connectivity index (χ4v) is 2.54. The van der Waals surface area contributed by atoms with Crippen molar-refractivity contribution in [3.63, 3.8) is 0 Å². The van der Waals surface area contributed by atoms with Crippen LogP contribution in [-0.2, 0) is 11.3 Å². The van der Waals surface area contributed by atoms with E-state index in [1.807, 2.05) is 6.07 Å². The summed E-state index contributed by atoms with van der Waals surface area (Å²) in [6, 6.07) is 1.96. The van der Waals surface area contributed by atoms with E-state index < -0.39 is 0 Å². The molecule has 3 heterocycles. The predicted octanol–water partition coefficient (Wildman–Crippen LogP) is 1.97. The molecule has 0 saturated carbocycles. The Labute approximate surface area is 106 Å². The first-order valence-electron chi connectivity index (χ1n) is 6.52. The Balaban J connectivity index is 1.75. The Bertz CT molecular complexity index is 531. The van der Waals surface area contributed by atoms with Crippen molar-refractivity contribution in [1.82, 2.24) is 14.5 Å². The van der Waals surface area contributed by atoms with E-state index in [1.54, 1.807) is 12.4 Å². The molecule has 0 amide bonds. The van der Waals surface area contributed by atoms with Crippen LogP contribution >= 0.6 is 0 Å². The number of anilines is 1. The van der Waals surface area contributed by atoms with Crippen LogP contribution in [0.4, 0.5) is 5.95 Å². The van der Waals surface area contributed by atoms with Crippen LogP contribution in [-0.4, -0.2) is 27.2 Å². The molecule has 1 fully saturated rings. The number of nitrogens with two attached hydrogens (primary N) is 1. The molecule has 3 rings (SSSR count). The smallest absolute Gasteiger partial charge is 0.201 e. The van der Waals surface area contributed by atoms with E-state index in [2.05, 4.69) is 14.5 Å². The Morgan fingerprint density at radius 2 is 2.39 bits per heavy atom. The lowest BCUT2D eigenvalue weighted by Crippen LogP contribution is -2.21. The standard InChI is InChI=1S/C13H18N4O/c14-13-16-11-9-15-6-4-12(11)17(13)7-5-10-3-1-2-8-18-10/h4,6,9-10H,1-3,5,7-8H2,(H2,14,16). The summed E-state index contributed by atoms with van der Waals surface area (Å²) in [7, 11) is 0. The molecule has 2 aromatic heterocycles. The largest absolute Gasteiger partial charge is 0.378 e. The van der Waals surface area contributed by atoms with Crippen molar-refractivity contribution in [1.29, 1.82) is 0 Å². The maximum atomic E-state index is 5.95. The first-order valence-corrected chi connectivity index (χ1v) is 6.52. The minimum Gasteiger partial charge on any atom is -0.378 e. The summed E-state index contributed by atoms with van der Waals surface area (Å²) < 4.78 is 7.79. The number of aryl methyl sites for hydroxylation is 1. The van der Waals surface area contributed by atoms with Gasteiger partial charge >= 0.3 is 0 Å². The Hall–Kier alpha value is -1.62. The minimum atomic E-state index is 0.373. The number of nitrogen functional groups attached to an aromatic ring is 1. The second-order valence-electron chi connectivity index (χ2n) is 4.76. The van der Waals surface area contributed by atoms with Crippen LogP contribution in [0.3, 0.4) is 0 Å². The molecule has 1 aliphatic rings. The molecule has 5 nitrogen and oxygen atoms in total. The average molecular weight is 246 g/mol. The number of imidazole rings is 1. The van der Waals surface area contributed by atoms with Gasteiger partial charge < -0.3 is 15.0 Å². The zero-order chi connectivity index (χ0) is 12.4. The van der Waals surface area contributed by atoms with Gasteiger partial charge in [-0.1, -0.05) is 0 Å². The molecule has 96 valence electrons. The van der Waals surface area contributed by atoms with Crippen molar-refractivity contribution in [3.05, 3.63) is 18.5 Å². The third-order valence-corrected chi connectivity index (χ3v) is 3.53. The number of hydrogen-bond acceptors (Lipinski definition) is 4. The van der Waals surface area contributed by atoms with Gasteiger partial charge in [-0.2, -0.15) is 0 Å². The summed E-state index contributed by atoms with van der Waals surface area (Å²) in [6.45, 7) is 1.76. The van der Waals surface area contributed by atoms with E-state index in [-0.39, 0.29) is 0 Å². The van der Waals surface area contributed by atoms with Crippen LogP contribution in [0.1, 0.15) is 25.7 Å². The van der Waals surface area contributed by atoms with Gasteiger partial charge in [-0.25, -0.2) is 4.98 Å². The van der Waals surface area contributed by atoms with Gasteiger partial charge in [0, 0.05) is 19.3 Å². The van der Waals surface area contributed by atoms with E-state index >= 15 is 0 Å². The maximum Gasteiger partial charge on any atom is 0.201 e. The molecule has 1 atom stereocenters. The molecule has 0 aromatic carbocycles. The minimum absolute atomic E-state index is 0.373. The van der Waals surface area contributed by atoms with Gasteiger partial charge in [-0.05, 0) is 31.7 Å². The molecule has 0 aliphatic carbocycles. The molecule has 2 aromatic rings. The van der Waals surface area contributed by atoms with Gasteiger partial charge in [0.15, 0.2) is 0 Å². The number of hydrogen-bond donors (Lipinski definition) is 1. The first-order chi connectivity index (χ1) is 8.84. The van der Waals surface area contributed by atoms with Crippen LogP contribution in [0.25, 0.3) is 11.0 Å². The van der Waals surface area contributed by atoms with Crippen LogP contribution in [0.5, 0.6) is 0 Å². The van der Waals surface area contributed by atoms with Crippen molar-refractivity contribution >= 4 is 17.0 Å². The summed E-state index contributed by atoms with van der Waals surface area (Å²) in [4.78, 5) is 8.38. The Morgan fingerprint density at radius 1 is 1.44 bits per heavy atom. The highest BCUT2D eigenvalue weighted by Crippen LogP contribution is 2.20. The topological polar surface area (TPSA) is 66.0 Å². The van der Waals surface area contributed by atoms with Gasteiger partial charge in [0.2, 0.25) is 5.95 Å². The molecule has 18 heavy (non-hydrogen) atoms. The van der Waals surface area contributed by atoms with E-state index in [4.69, 9.17) is 10.5 Å². The number of aromatic nitrogens is 3. The van der Waals surface area contributed by atoms with Crippen LogP contribution in [0.15, 0.2) is 18.5 Å². The predicted molar refractivity (Wildman–Crippen MR) is 70.1 cm³/mol. The molecule has 0 radical (unpaired) electrons. The molecular weight excluding hydrogens is 228 g/mol. The average Bonchev–Trinajstić information content (AvgIpc) is 2.73. The van der Waals surface area contributed by atoms with Gasteiger partial charge in [0.25, 0.3) is 0 Å². The lowest BCUT2D eigenvalue weighted by Gasteiger charge is -2.22. The second-order valence-corrected chi connectivity index (χ2v) is 4.76. The number of pyridine rings is 1. The summed E-state index contributed by atoms with van der Waals surface area (Å²) in [6.07, 6.45) is 8.52. The van der Waals surface area contributed by atoms with E-state index in [9.17, 15) is 0 Å². The highest BCUT2D eigenvalue weighted by atomic mass is 16.5. The molecule has 5 heteroatoms. The lowest BCUT2D eigenvalue weighted by molar-refractivity contribution is 0.00906. The highest BCUT2D eigenvalue weighted by molar-refractivity contribution is 5.76. The molecule has 0 spiro atoms. The lowest BCUT2D eigenvalue weighted by atomic mass is 10.1. The van der Waals surface area contributed by atoms with Crippen molar-refractivity contribution in [2.45, 2.75) is 38.3 Å². The molecular formula is C13H18N4O. The van der Waals surface area contributed by atoms with E-state index in [1.165, 1.54) is 12.8 Å². The van der Waals surface area contributed by atoms with Crippen molar-refractivity contribution in [3.8, 4) is 0 Å². The van der Waals surface area contributed by atoms with Gasteiger partial charge in [-0.15, -0.1) is 0 Å². The summed E-state index contributed by atoms with van der Waals surface area (Å²) >= 11 is 0. The first kappa shape index (κ1) is 11.5. The van der Waals surface area contributed by atoms with E-state index in [0.717, 1.165) is 37.0 Å². The Morgan fingerprint density at radius 3 is 3.22 bits per heavy atom. The maximum absolute atomic E-state index is 5.95. The zero-order valence-electron chi connectivity index (χ0n) is 10.4. The number of ether oxygens (including phenoxy) is 1. The van der Waals surface area contributed by atoms with Crippen LogP contribution < -0.4 is 5.73 Å². The van der Waals surface area contributed by atoms with Crippen LogP contribution in [0.2, 0.25) is 0 Å². The quantitative estimate of drug-likeness (QED) is 0.899. The summed E-state index contributed by atoms with van der Waals surface area (Å²) in [5.41, 5.74) is 7.87. The van der Waals surface area contributed by atoms with Crippen LogP contribution in [0, 0.1) is 0 Å². The number of nitrogens with zero attached hydrogens (tertiary/aromatic N) is 3. The number of fused-ring (bicyclic) bond motifs is 1. The third kappa shape index (κ3) is 2.18. The molecule has 1 saturated heterocycles. The molecule has 1 aliphatic heterocycles. The van der Waals surface area contributed by atoms with Gasteiger partial charge in [-0.3, -0.25) is 4.98 Å². The third-order valence-electron chi connectivity index (χ3n) is 3.53. The van der Waals surface area contributed by atoms with E-state index in [0.29, 0.717) is 12.1 Å². The normalized spacial score (nSPS) is 20.3. The fourth-order valence-electron chi connectivity index (χ4n) is 2.54. The zero-order valence-corrected chi connectivity index (χ0v) is 10.4. The molecule has 2 N–H and O–H groups in total. The Kier molecular flexibility index (Phi) is 3.15. The number of rotatable bonds is 3. The van der Waals surface area contributed by atoms with Crippen molar-refractivity contribution in [2.24, 2.45) is 0 Å². The molecule has 1 unspecified atom stereocenters. The van der Waals surface area contributed by atoms with Gasteiger partial charge in [0.05, 0.1) is 17.8 Å². The van der Waals surface area contributed by atoms with Crippen molar-refractivity contribution < 1.29 is 4.74 Å². The highest BCUT2D eigenvalue weighted by Gasteiger charge is 2.15. The van der Waals surface area contributed by atoms with Crippen molar-refractivity contribution in [2.75, 3.05) is 12.3 Å². The monoisotopic (exact) mass is 246 g/mol. The second kappa shape index (κ2) is 4.94.